The van der Waals surface area contributed by atoms with E-state index in [1.54, 1.807) is 4.90 Å². The number of ether oxygens (including phenoxy) is 1. The van der Waals surface area contributed by atoms with E-state index in [1.807, 2.05) is 55.5 Å². The van der Waals surface area contributed by atoms with Gasteiger partial charge in [-0.1, -0.05) is 36.4 Å². The number of carbonyl (C=O) groups is 4. The van der Waals surface area contributed by atoms with Gasteiger partial charge in [0, 0.05) is 30.7 Å². The number of hydrogen-bond acceptors (Lipinski definition) is 8. The van der Waals surface area contributed by atoms with Gasteiger partial charge in [-0.25, -0.2) is 4.98 Å². The van der Waals surface area contributed by atoms with E-state index >= 15 is 0 Å². The number of fused-ring (bicyclic) bond motifs is 4. The van der Waals surface area contributed by atoms with Gasteiger partial charge in [0.15, 0.2) is 5.13 Å². The van der Waals surface area contributed by atoms with Crippen molar-refractivity contribution in [3.05, 3.63) is 76.3 Å². The van der Waals surface area contributed by atoms with Crippen molar-refractivity contribution in [2.75, 3.05) is 25.4 Å². The summed E-state index contributed by atoms with van der Waals surface area (Å²) in [5.41, 5.74) is 8.68. The molecule has 12 heteroatoms. The van der Waals surface area contributed by atoms with Crippen molar-refractivity contribution in [1.82, 2.24) is 25.8 Å². The van der Waals surface area contributed by atoms with Crippen LogP contribution in [0.4, 0.5) is 5.13 Å². The predicted octanol–water partition coefficient (Wildman–Crippen LogP) is 2.91. The molecule has 1 aromatic heterocycles. The molecule has 3 aromatic rings. The van der Waals surface area contributed by atoms with Gasteiger partial charge in [0.2, 0.25) is 23.6 Å². The van der Waals surface area contributed by atoms with Crippen molar-refractivity contribution >= 4 is 40.1 Å². The molecule has 0 aliphatic carbocycles. The zero-order valence-electron chi connectivity index (χ0n) is 26.1. The molecule has 2 aliphatic rings. The molecular formula is C34H42N6O5S. The van der Waals surface area contributed by atoms with E-state index in [1.165, 1.54) is 17.5 Å². The molecule has 2 aliphatic heterocycles. The van der Waals surface area contributed by atoms with Crippen LogP contribution in [0.1, 0.15) is 53.7 Å². The van der Waals surface area contributed by atoms with Crippen LogP contribution < -0.4 is 26.4 Å². The summed E-state index contributed by atoms with van der Waals surface area (Å²) in [6, 6.07) is 13.5. The number of nitrogens with two attached hydrogens (primary N) is 1. The highest BCUT2D eigenvalue weighted by atomic mass is 32.1. The number of amides is 4. The Kier molecular flexibility index (Phi) is 11.2. The van der Waals surface area contributed by atoms with E-state index in [0.29, 0.717) is 42.5 Å². The number of aromatic nitrogens is 1. The number of hydrogen-bond donors (Lipinski definition) is 4. The Morgan fingerprint density at radius 2 is 1.96 bits per heavy atom. The van der Waals surface area contributed by atoms with Crippen LogP contribution in [0.5, 0.6) is 5.75 Å². The van der Waals surface area contributed by atoms with Gasteiger partial charge in [0.05, 0.1) is 19.4 Å². The Labute approximate surface area is 273 Å². The van der Waals surface area contributed by atoms with Crippen molar-refractivity contribution in [2.24, 2.45) is 5.92 Å². The van der Waals surface area contributed by atoms with Gasteiger partial charge in [-0.05, 0) is 73.8 Å². The molecule has 0 radical (unpaired) electrons. The quantitative estimate of drug-likeness (QED) is 0.321. The van der Waals surface area contributed by atoms with Crippen molar-refractivity contribution in [2.45, 2.75) is 70.5 Å². The summed E-state index contributed by atoms with van der Waals surface area (Å²) >= 11 is 1.19. The summed E-state index contributed by atoms with van der Waals surface area (Å²) in [5.74, 6) is -0.600. The average Bonchev–Trinajstić information content (AvgIpc) is 3.46. The van der Waals surface area contributed by atoms with Crippen molar-refractivity contribution < 1.29 is 23.9 Å². The summed E-state index contributed by atoms with van der Waals surface area (Å²) in [6.07, 6.45) is 4.76. The lowest BCUT2D eigenvalue weighted by Gasteiger charge is -2.34. The first-order chi connectivity index (χ1) is 22.2. The number of anilines is 1. The maximum absolute atomic E-state index is 13.9. The minimum absolute atomic E-state index is 0.0328. The third-order valence-electron chi connectivity index (χ3n) is 8.57. The summed E-state index contributed by atoms with van der Waals surface area (Å²) in [5, 5.41) is 8.96. The van der Waals surface area contributed by atoms with Crippen LogP contribution in [0.3, 0.4) is 0 Å². The number of piperidine rings is 1. The zero-order chi connectivity index (χ0) is 32.5. The van der Waals surface area contributed by atoms with E-state index in [-0.39, 0.29) is 37.1 Å². The zero-order valence-corrected chi connectivity index (χ0v) is 26.9. The molecule has 1 saturated heterocycles. The van der Waals surface area contributed by atoms with Crippen molar-refractivity contribution in [3.63, 3.8) is 0 Å². The van der Waals surface area contributed by atoms with Crippen LogP contribution in [0.2, 0.25) is 0 Å². The number of benzene rings is 2. The number of nitrogens with one attached hydrogen (secondary N) is 3. The number of rotatable bonds is 6. The molecule has 5 rings (SSSR count). The summed E-state index contributed by atoms with van der Waals surface area (Å²) in [7, 11) is 0. The molecule has 1 fully saturated rings. The minimum atomic E-state index is -1.17. The highest BCUT2D eigenvalue weighted by Gasteiger charge is 2.32. The second-order valence-corrected chi connectivity index (χ2v) is 13.2. The molecule has 2 aromatic carbocycles. The molecule has 3 atom stereocenters. The fourth-order valence-electron chi connectivity index (χ4n) is 5.92. The summed E-state index contributed by atoms with van der Waals surface area (Å²) < 4.78 is 6.09. The summed E-state index contributed by atoms with van der Waals surface area (Å²) in [6.45, 7) is 3.89. The first-order valence-electron chi connectivity index (χ1n) is 15.8. The Morgan fingerprint density at radius 3 is 2.74 bits per heavy atom. The standard InChI is InChI=1S/C34H42N6O5S/c1-22-9-11-26-16-25(22)19-36-32(43)28(12-10-23-6-3-2-4-7-23)39-33(44)29(38-30(41)17-27-20-37-34(35)46-27)18-31(42)40-14-5-8-24(21-40)13-15-45-26/h2-4,6-7,9,11,16,20,24,28-29H,5,8,10,12-15,17-19,21H2,1H3,(H2,35,37)(H,36,43)(H,38,41)(H,39,44)/t24?,28-,29-/m0/s1. The van der Waals surface area contributed by atoms with E-state index in [2.05, 4.69) is 20.9 Å². The topological polar surface area (TPSA) is 156 Å². The Bertz CT molecular complexity index is 1530. The largest absolute Gasteiger partial charge is 0.494 e. The molecule has 46 heavy (non-hydrogen) atoms. The molecule has 1 unspecified atom stereocenters. The summed E-state index contributed by atoms with van der Waals surface area (Å²) in [4.78, 5) is 60.6. The predicted molar refractivity (Wildman–Crippen MR) is 176 cm³/mol. The number of thiazole rings is 1. The van der Waals surface area contributed by atoms with Gasteiger partial charge < -0.3 is 31.3 Å². The fourth-order valence-corrected chi connectivity index (χ4v) is 6.60. The van der Waals surface area contributed by atoms with E-state index < -0.39 is 23.9 Å². The van der Waals surface area contributed by atoms with Gasteiger partial charge in [-0.2, -0.15) is 0 Å². The third kappa shape index (κ3) is 9.29. The number of nitrogen functional groups attached to an aromatic ring is 1. The lowest BCUT2D eigenvalue weighted by molar-refractivity contribution is -0.138. The molecule has 0 spiro atoms. The highest BCUT2D eigenvalue weighted by Crippen LogP contribution is 2.23. The van der Waals surface area contributed by atoms with Crippen LogP contribution in [0.15, 0.2) is 54.7 Å². The van der Waals surface area contributed by atoms with Crippen LogP contribution >= 0.6 is 11.3 Å². The van der Waals surface area contributed by atoms with Crippen LogP contribution in [0, 0.1) is 12.8 Å². The Hall–Kier alpha value is -4.45. The number of nitrogens with zero attached hydrogens (tertiary/aromatic N) is 2. The van der Waals surface area contributed by atoms with E-state index in [0.717, 1.165) is 41.7 Å². The fraction of sp³-hybridized carbons (Fsp3) is 0.441. The van der Waals surface area contributed by atoms with Crippen molar-refractivity contribution in [1.29, 1.82) is 0 Å². The van der Waals surface area contributed by atoms with E-state index in [4.69, 9.17) is 10.5 Å². The van der Waals surface area contributed by atoms with Crippen LogP contribution in [-0.4, -0.2) is 65.3 Å². The Balaban J connectivity index is 1.40. The average molecular weight is 647 g/mol. The third-order valence-corrected chi connectivity index (χ3v) is 9.40. The molecule has 244 valence electrons. The van der Waals surface area contributed by atoms with Gasteiger partial charge in [0.1, 0.15) is 17.8 Å². The second kappa shape index (κ2) is 15.7. The molecule has 11 nitrogen and oxygen atoms in total. The van der Waals surface area contributed by atoms with Gasteiger partial charge in [-0.3, -0.25) is 19.2 Å². The normalized spacial score (nSPS) is 21.3. The van der Waals surface area contributed by atoms with Gasteiger partial charge in [-0.15, -0.1) is 11.3 Å². The van der Waals surface area contributed by atoms with Gasteiger partial charge in [0.25, 0.3) is 0 Å². The Morgan fingerprint density at radius 1 is 1.13 bits per heavy atom. The second-order valence-electron chi connectivity index (χ2n) is 12.0. The minimum Gasteiger partial charge on any atom is -0.494 e. The SMILES string of the molecule is Cc1ccc2cc1CNC(=O)[C@H](CCc1ccccc1)NC(=O)[C@@H](NC(=O)Cc1cnc(N)s1)CC(=O)N1CCCC(CCO2)C1. The molecular weight excluding hydrogens is 604 g/mol. The van der Waals surface area contributed by atoms with Gasteiger partial charge >= 0.3 is 0 Å². The van der Waals surface area contributed by atoms with Crippen LogP contribution in [-0.2, 0) is 38.6 Å². The molecule has 5 N–H and O–H groups in total. The van der Waals surface area contributed by atoms with E-state index in [9.17, 15) is 19.2 Å². The lowest BCUT2D eigenvalue weighted by Crippen LogP contribution is -2.55. The monoisotopic (exact) mass is 646 g/mol. The molecule has 4 amide bonds. The lowest BCUT2D eigenvalue weighted by atomic mass is 9.94. The first-order valence-corrected chi connectivity index (χ1v) is 16.7. The number of aryl methyl sites for hydroxylation is 2. The molecule has 3 heterocycles. The molecule has 0 saturated carbocycles. The maximum atomic E-state index is 13.9. The first kappa shape index (κ1) is 32.9. The maximum Gasteiger partial charge on any atom is 0.243 e. The van der Waals surface area contributed by atoms with Crippen LogP contribution in [0.25, 0.3) is 0 Å². The highest BCUT2D eigenvalue weighted by molar-refractivity contribution is 7.15. The number of carbonyl (C=O) groups excluding carboxylic acids is 4. The van der Waals surface area contributed by atoms with Crippen molar-refractivity contribution in [3.8, 4) is 5.75 Å². The molecule has 4 bridgehead atoms. The smallest absolute Gasteiger partial charge is 0.243 e.